The van der Waals surface area contributed by atoms with Gasteiger partial charge < -0.3 is 19.8 Å². The summed E-state index contributed by atoms with van der Waals surface area (Å²) in [7, 11) is 3.29. The first-order chi connectivity index (χ1) is 8.83. The van der Waals surface area contributed by atoms with Gasteiger partial charge in [-0.05, 0) is 29.3 Å². The topological polar surface area (TPSA) is 46.3 Å². The Kier molecular flexibility index (Phi) is 4.25. The van der Waals surface area contributed by atoms with Crippen LogP contribution in [-0.4, -0.2) is 19.2 Å². The zero-order valence-corrected chi connectivity index (χ0v) is 10.7. The van der Waals surface area contributed by atoms with E-state index < -0.39 is 0 Å². The van der Waals surface area contributed by atoms with Gasteiger partial charge in [0.2, 0.25) is 0 Å². The largest absolute Gasteiger partial charge is 0.493 e. The first-order valence-corrected chi connectivity index (χ1v) is 5.87. The molecular formula is C14H18N2O2. The Bertz CT molecular complexity index is 481. The minimum Gasteiger partial charge on any atom is -0.493 e. The van der Waals surface area contributed by atoms with Crippen molar-refractivity contribution in [2.24, 2.45) is 0 Å². The first-order valence-electron chi connectivity index (χ1n) is 5.87. The summed E-state index contributed by atoms with van der Waals surface area (Å²) in [5, 5.41) is 3.38. The Morgan fingerprint density at radius 3 is 2.44 bits per heavy atom. The molecule has 0 aliphatic rings. The van der Waals surface area contributed by atoms with E-state index in [9.17, 15) is 0 Å². The smallest absolute Gasteiger partial charge is 0.161 e. The average Bonchev–Trinajstić information content (AvgIpc) is 2.91. The van der Waals surface area contributed by atoms with Crippen LogP contribution in [0.25, 0.3) is 0 Å². The molecular weight excluding hydrogens is 228 g/mol. The highest BCUT2D eigenvalue weighted by Gasteiger charge is 2.04. The predicted molar refractivity (Wildman–Crippen MR) is 70.9 cm³/mol. The molecule has 0 aliphatic carbocycles. The van der Waals surface area contributed by atoms with Crippen LogP contribution in [0.4, 0.5) is 0 Å². The molecule has 18 heavy (non-hydrogen) atoms. The highest BCUT2D eigenvalue weighted by molar-refractivity contribution is 5.42. The SMILES string of the molecule is COc1ccc(CNCc2cc[nH]c2)cc1OC. The van der Waals surface area contributed by atoms with Crippen LogP contribution in [-0.2, 0) is 13.1 Å². The van der Waals surface area contributed by atoms with Gasteiger partial charge in [0.05, 0.1) is 14.2 Å². The number of methoxy groups -OCH3 is 2. The van der Waals surface area contributed by atoms with E-state index >= 15 is 0 Å². The van der Waals surface area contributed by atoms with Crippen LogP contribution in [0, 0.1) is 0 Å². The normalized spacial score (nSPS) is 10.3. The van der Waals surface area contributed by atoms with Crippen molar-refractivity contribution >= 4 is 0 Å². The monoisotopic (exact) mass is 246 g/mol. The number of benzene rings is 1. The van der Waals surface area contributed by atoms with Gasteiger partial charge in [0.25, 0.3) is 0 Å². The molecule has 4 nitrogen and oxygen atoms in total. The lowest BCUT2D eigenvalue weighted by Crippen LogP contribution is -2.12. The number of aromatic nitrogens is 1. The molecule has 0 amide bonds. The first kappa shape index (κ1) is 12.5. The van der Waals surface area contributed by atoms with Crippen molar-refractivity contribution < 1.29 is 9.47 Å². The summed E-state index contributed by atoms with van der Waals surface area (Å²) in [4.78, 5) is 3.04. The van der Waals surface area contributed by atoms with Gasteiger partial charge in [-0.2, -0.15) is 0 Å². The van der Waals surface area contributed by atoms with Crippen LogP contribution >= 0.6 is 0 Å². The number of nitrogens with one attached hydrogen (secondary N) is 2. The predicted octanol–water partition coefficient (Wildman–Crippen LogP) is 2.32. The maximum atomic E-state index is 5.27. The van der Waals surface area contributed by atoms with E-state index in [0.717, 1.165) is 24.6 Å². The molecule has 4 heteroatoms. The van der Waals surface area contributed by atoms with Crippen molar-refractivity contribution in [2.45, 2.75) is 13.1 Å². The van der Waals surface area contributed by atoms with Crippen molar-refractivity contribution in [1.82, 2.24) is 10.3 Å². The summed E-state index contributed by atoms with van der Waals surface area (Å²) in [5.41, 5.74) is 2.42. The number of H-pyrrole nitrogens is 1. The van der Waals surface area contributed by atoms with Gasteiger partial charge in [-0.3, -0.25) is 0 Å². The van der Waals surface area contributed by atoms with Crippen LogP contribution in [0.3, 0.4) is 0 Å². The van der Waals surface area contributed by atoms with Crippen LogP contribution < -0.4 is 14.8 Å². The van der Waals surface area contributed by atoms with Crippen LogP contribution in [0.15, 0.2) is 36.7 Å². The highest BCUT2D eigenvalue weighted by atomic mass is 16.5. The second-order valence-corrected chi connectivity index (χ2v) is 4.01. The third kappa shape index (κ3) is 3.05. The fourth-order valence-corrected chi connectivity index (χ4v) is 1.81. The summed E-state index contributed by atoms with van der Waals surface area (Å²) in [6, 6.07) is 8.00. The van der Waals surface area contributed by atoms with E-state index in [4.69, 9.17) is 9.47 Å². The van der Waals surface area contributed by atoms with Crippen LogP contribution in [0.1, 0.15) is 11.1 Å². The Labute approximate surface area is 107 Å². The van der Waals surface area contributed by atoms with Crippen LogP contribution in [0.2, 0.25) is 0 Å². The number of hydrogen-bond donors (Lipinski definition) is 2. The molecule has 0 saturated carbocycles. The molecule has 2 N–H and O–H groups in total. The number of hydrogen-bond acceptors (Lipinski definition) is 3. The lowest BCUT2D eigenvalue weighted by Gasteiger charge is -2.10. The van der Waals surface area contributed by atoms with Crippen molar-refractivity contribution in [3.8, 4) is 11.5 Å². The molecule has 1 aromatic carbocycles. The minimum absolute atomic E-state index is 0.756. The van der Waals surface area contributed by atoms with Crippen molar-refractivity contribution in [1.29, 1.82) is 0 Å². The molecule has 0 saturated heterocycles. The highest BCUT2D eigenvalue weighted by Crippen LogP contribution is 2.27. The second-order valence-electron chi connectivity index (χ2n) is 4.01. The lowest BCUT2D eigenvalue weighted by molar-refractivity contribution is 0.354. The average molecular weight is 246 g/mol. The quantitative estimate of drug-likeness (QED) is 0.822. The zero-order valence-electron chi connectivity index (χ0n) is 10.7. The zero-order chi connectivity index (χ0) is 12.8. The van der Waals surface area contributed by atoms with Gasteiger partial charge in [0, 0.05) is 25.5 Å². The molecule has 2 aromatic rings. The Hall–Kier alpha value is -1.94. The molecule has 0 fully saturated rings. The fraction of sp³-hybridized carbons (Fsp3) is 0.286. The molecule has 0 bridgehead atoms. The number of ether oxygens (including phenoxy) is 2. The summed E-state index contributed by atoms with van der Waals surface area (Å²) >= 11 is 0. The molecule has 1 heterocycles. The Balaban J connectivity index is 1.93. The lowest BCUT2D eigenvalue weighted by atomic mass is 10.2. The number of aromatic amines is 1. The summed E-state index contributed by atoms with van der Waals surface area (Å²) < 4.78 is 10.5. The minimum atomic E-state index is 0.756. The fourth-order valence-electron chi connectivity index (χ4n) is 1.81. The van der Waals surface area contributed by atoms with Crippen LogP contribution in [0.5, 0.6) is 11.5 Å². The van der Waals surface area contributed by atoms with Crippen molar-refractivity contribution in [2.75, 3.05) is 14.2 Å². The van der Waals surface area contributed by atoms with E-state index in [0.29, 0.717) is 0 Å². The number of rotatable bonds is 6. The van der Waals surface area contributed by atoms with E-state index in [1.54, 1.807) is 14.2 Å². The molecule has 1 aromatic heterocycles. The van der Waals surface area contributed by atoms with E-state index in [2.05, 4.69) is 16.4 Å². The summed E-state index contributed by atoms with van der Waals surface area (Å²) in [6.45, 7) is 1.64. The van der Waals surface area contributed by atoms with Gasteiger partial charge in [-0.25, -0.2) is 0 Å². The van der Waals surface area contributed by atoms with E-state index in [-0.39, 0.29) is 0 Å². The van der Waals surface area contributed by atoms with Gasteiger partial charge in [-0.15, -0.1) is 0 Å². The second kappa shape index (κ2) is 6.12. The molecule has 0 radical (unpaired) electrons. The molecule has 0 unspecified atom stereocenters. The maximum Gasteiger partial charge on any atom is 0.161 e. The van der Waals surface area contributed by atoms with Crippen molar-refractivity contribution in [3.63, 3.8) is 0 Å². The summed E-state index contributed by atoms with van der Waals surface area (Å²) in [6.07, 6.45) is 3.91. The molecule has 96 valence electrons. The maximum absolute atomic E-state index is 5.27. The molecule has 0 atom stereocenters. The van der Waals surface area contributed by atoms with Gasteiger partial charge in [0.1, 0.15) is 0 Å². The Morgan fingerprint density at radius 2 is 1.78 bits per heavy atom. The van der Waals surface area contributed by atoms with Gasteiger partial charge in [-0.1, -0.05) is 6.07 Å². The summed E-state index contributed by atoms with van der Waals surface area (Å²) in [5.74, 6) is 1.52. The molecule has 0 spiro atoms. The third-order valence-electron chi connectivity index (χ3n) is 2.77. The molecule has 0 aliphatic heterocycles. The Morgan fingerprint density at radius 1 is 1.00 bits per heavy atom. The van der Waals surface area contributed by atoms with Gasteiger partial charge in [0.15, 0.2) is 11.5 Å². The van der Waals surface area contributed by atoms with Gasteiger partial charge >= 0.3 is 0 Å². The standard InChI is InChI=1S/C14H18N2O2/c1-17-13-4-3-11(7-14(13)18-2)8-16-10-12-5-6-15-9-12/h3-7,9,15-16H,8,10H2,1-2H3. The van der Waals surface area contributed by atoms with E-state index in [1.165, 1.54) is 11.1 Å². The van der Waals surface area contributed by atoms with Crippen molar-refractivity contribution in [3.05, 3.63) is 47.8 Å². The van der Waals surface area contributed by atoms with E-state index in [1.807, 2.05) is 30.6 Å². The third-order valence-corrected chi connectivity index (χ3v) is 2.77. The molecule has 2 rings (SSSR count).